The average Bonchev–Trinajstić information content (AvgIpc) is 2.96. The van der Waals surface area contributed by atoms with E-state index >= 15 is 0 Å². The van der Waals surface area contributed by atoms with Crippen LogP contribution >= 0.6 is 0 Å². The summed E-state index contributed by atoms with van der Waals surface area (Å²) in [6.45, 7) is 0. The predicted octanol–water partition coefficient (Wildman–Crippen LogP) is 2.10. The van der Waals surface area contributed by atoms with E-state index in [1.807, 2.05) is 12.1 Å². The Kier molecular flexibility index (Phi) is 2.02. The molecule has 92 valence electrons. The van der Waals surface area contributed by atoms with E-state index in [0.29, 0.717) is 17.8 Å². The lowest BCUT2D eigenvalue weighted by molar-refractivity contribution is 0.150. The first kappa shape index (κ1) is 10.1. The monoisotopic (exact) mass is 244 g/mol. The molecule has 4 heteroatoms. The Morgan fingerprint density at radius 1 is 1.11 bits per heavy atom. The van der Waals surface area contributed by atoms with Crippen LogP contribution in [0.25, 0.3) is 11.0 Å². The highest BCUT2D eigenvalue weighted by atomic mass is 16.6. The van der Waals surface area contributed by atoms with Crippen LogP contribution in [-0.4, -0.2) is 18.3 Å². The maximum Gasteiger partial charge on any atom is 0.336 e. The van der Waals surface area contributed by atoms with Gasteiger partial charge in [0.15, 0.2) is 0 Å². The zero-order valence-corrected chi connectivity index (χ0v) is 9.67. The molecule has 4 nitrogen and oxygen atoms in total. The Labute approximate surface area is 103 Å². The van der Waals surface area contributed by atoms with E-state index in [4.69, 9.17) is 13.9 Å². The predicted molar refractivity (Wildman–Crippen MR) is 64.8 cm³/mol. The van der Waals surface area contributed by atoms with Gasteiger partial charge in [-0.2, -0.15) is 0 Å². The Bertz CT molecular complexity index is 650. The van der Waals surface area contributed by atoms with Crippen LogP contribution in [0.5, 0.6) is 5.75 Å². The third kappa shape index (κ3) is 1.69. The summed E-state index contributed by atoms with van der Waals surface area (Å²) in [5.41, 5.74) is 0.231. The molecule has 2 aromatic rings. The van der Waals surface area contributed by atoms with Gasteiger partial charge >= 0.3 is 5.63 Å². The first-order valence-electron chi connectivity index (χ1n) is 6.14. The number of fused-ring (bicyclic) bond motifs is 2. The van der Waals surface area contributed by atoms with Crippen LogP contribution in [0.15, 0.2) is 39.5 Å². The average molecular weight is 244 g/mol. The topological polar surface area (TPSA) is 52.0 Å². The van der Waals surface area contributed by atoms with Crippen molar-refractivity contribution >= 4 is 11.0 Å². The molecule has 0 radical (unpaired) electrons. The molecule has 2 heterocycles. The normalized spacial score (nSPS) is 29.2. The molecule has 18 heavy (non-hydrogen) atoms. The van der Waals surface area contributed by atoms with Crippen LogP contribution in [0.3, 0.4) is 0 Å². The minimum absolute atomic E-state index is 0.224. The van der Waals surface area contributed by atoms with Crippen molar-refractivity contribution in [1.29, 1.82) is 0 Å². The van der Waals surface area contributed by atoms with Crippen LogP contribution in [0, 0.1) is 0 Å². The molecule has 0 bridgehead atoms. The van der Waals surface area contributed by atoms with Crippen LogP contribution in [-0.2, 0) is 4.74 Å². The van der Waals surface area contributed by atoms with Crippen LogP contribution in [0.2, 0.25) is 0 Å². The molecular formula is C14H12O4. The van der Waals surface area contributed by atoms with Gasteiger partial charge in [0, 0.05) is 30.4 Å². The van der Waals surface area contributed by atoms with Crippen LogP contribution in [0.4, 0.5) is 0 Å². The van der Waals surface area contributed by atoms with Gasteiger partial charge in [-0.1, -0.05) is 0 Å². The summed E-state index contributed by atoms with van der Waals surface area (Å²) in [5, 5.41) is 0.902. The van der Waals surface area contributed by atoms with Gasteiger partial charge in [0.1, 0.15) is 17.4 Å². The lowest BCUT2D eigenvalue weighted by atomic mass is 10.2. The molecule has 0 amide bonds. The molecule has 1 saturated heterocycles. The van der Waals surface area contributed by atoms with Crippen molar-refractivity contribution < 1.29 is 13.9 Å². The zero-order chi connectivity index (χ0) is 12.1. The fraction of sp³-hybridized carbons (Fsp3) is 0.357. The molecule has 3 atom stereocenters. The summed E-state index contributed by atoms with van der Waals surface area (Å²) in [6, 6.07) is 8.77. The molecule has 4 rings (SSSR count). The van der Waals surface area contributed by atoms with Gasteiger partial charge in [-0.05, 0) is 18.2 Å². The van der Waals surface area contributed by atoms with Crippen molar-refractivity contribution in [3.05, 3.63) is 40.8 Å². The molecule has 0 unspecified atom stereocenters. The first-order chi connectivity index (χ1) is 8.78. The van der Waals surface area contributed by atoms with Gasteiger partial charge in [-0.15, -0.1) is 0 Å². The molecular weight excluding hydrogens is 232 g/mol. The first-order valence-corrected chi connectivity index (χ1v) is 6.14. The van der Waals surface area contributed by atoms with E-state index in [2.05, 4.69) is 0 Å². The SMILES string of the molecule is O=c1ccc2ccc(O[C@H]3C[C@@H]4O[C@@H]4C3)cc2o1. The van der Waals surface area contributed by atoms with Gasteiger partial charge < -0.3 is 13.9 Å². The molecule has 1 aliphatic heterocycles. The summed E-state index contributed by atoms with van der Waals surface area (Å²) in [5.74, 6) is 0.753. The molecule has 2 aliphatic rings. The second-order valence-corrected chi connectivity index (χ2v) is 4.88. The van der Waals surface area contributed by atoms with Crippen molar-refractivity contribution in [2.45, 2.75) is 31.2 Å². The highest BCUT2D eigenvalue weighted by Crippen LogP contribution is 2.40. The fourth-order valence-corrected chi connectivity index (χ4v) is 2.61. The van der Waals surface area contributed by atoms with Gasteiger partial charge in [0.2, 0.25) is 0 Å². The van der Waals surface area contributed by atoms with E-state index in [9.17, 15) is 4.79 Å². The molecule has 0 spiro atoms. The Balaban J connectivity index is 1.62. The van der Waals surface area contributed by atoms with Gasteiger partial charge in [-0.25, -0.2) is 4.79 Å². The van der Waals surface area contributed by atoms with Crippen molar-refractivity contribution in [2.75, 3.05) is 0 Å². The third-order valence-corrected chi connectivity index (χ3v) is 3.58. The van der Waals surface area contributed by atoms with Crippen molar-refractivity contribution in [2.24, 2.45) is 0 Å². The Hall–Kier alpha value is -1.81. The van der Waals surface area contributed by atoms with Gasteiger partial charge in [0.25, 0.3) is 0 Å². The molecule has 0 N–H and O–H groups in total. The molecule has 2 fully saturated rings. The van der Waals surface area contributed by atoms with E-state index in [-0.39, 0.29) is 11.7 Å². The van der Waals surface area contributed by atoms with E-state index in [1.165, 1.54) is 6.07 Å². The summed E-state index contributed by atoms with van der Waals surface area (Å²) < 4.78 is 16.4. The largest absolute Gasteiger partial charge is 0.490 e. The molecule has 1 aromatic heterocycles. The lowest BCUT2D eigenvalue weighted by Crippen LogP contribution is -2.15. The number of benzene rings is 1. The van der Waals surface area contributed by atoms with E-state index in [0.717, 1.165) is 24.0 Å². The maximum absolute atomic E-state index is 11.2. The number of ether oxygens (including phenoxy) is 2. The fourth-order valence-electron chi connectivity index (χ4n) is 2.61. The zero-order valence-electron chi connectivity index (χ0n) is 9.67. The maximum atomic E-state index is 11.2. The number of rotatable bonds is 2. The van der Waals surface area contributed by atoms with E-state index < -0.39 is 0 Å². The Morgan fingerprint density at radius 3 is 2.72 bits per heavy atom. The minimum Gasteiger partial charge on any atom is -0.490 e. The number of hydrogen-bond acceptors (Lipinski definition) is 4. The smallest absolute Gasteiger partial charge is 0.336 e. The van der Waals surface area contributed by atoms with Gasteiger partial charge in [-0.3, -0.25) is 0 Å². The number of hydrogen-bond donors (Lipinski definition) is 0. The quantitative estimate of drug-likeness (QED) is 0.599. The summed E-state index contributed by atoms with van der Waals surface area (Å²) in [6.07, 6.45) is 2.96. The molecule has 1 saturated carbocycles. The second-order valence-electron chi connectivity index (χ2n) is 4.88. The van der Waals surface area contributed by atoms with Crippen molar-refractivity contribution in [1.82, 2.24) is 0 Å². The lowest BCUT2D eigenvalue weighted by Gasteiger charge is -2.14. The standard InChI is InChI=1S/C14H12O4/c15-14-4-2-8-1-3-9(5-11(8)18-14)16-10-6-12-13(7-10)17-12/h1-5,10,12-13H,6-7H2/t10-,12-,13+. The highest BCUT2D eigenvalue weighted by molar-refractivity contribution is 5.77. The summed E-state index contributed by atoms with van der Waals surface area (Å²) in [4.78, 5) is 11.2. The number of epoxide rings is 1. The summed E-state index contributed by atoms with van der Waals surface area (Å²) in [7, 11) is 0. The van der Waals surface area contributed by atoms with E-state index in [1.54, 1.807) is 12.1 Å². The van der Waals surface area contributed by atoms with Crippen LogP contribution < -0.4 is 10.4 Å². The minimum atomic E-state index is -0.338. The summed E-state index contributed by atoms with van der Waals surface area (Å²) >= 11 is 0. The molecule has 1 aromatic carbocycles. The van der Waals surface area contributed by atoms with Gasteiger partial charge in [0.05, 0.1) is 12.2 Å². The third-order valence-electron chi connectivity index (χ3n) is 3.58. The van der Waals surface area contributed by atoms with Crippen molar-refractivity contribution in [3.8, 4) is 5.75 Å². The van der Waals surface area contributed by atoms with Crippen molar-refractivity contribution in [3.63, 3.8) is 0 Å². The Morgan fingerprint density at radius 2 is 1.89 bits per heavy atom. The molecule has 1 aliphatic carbocycles. The second kappa shape index (κ2) is 3.59. The van der Waals surface area contributed by atoms with Crippen LogP contribution in [0.1, 0.15) is 12.8 Å². The highest BCUT2D eigenvalue weighted by Gasteiger charge is 2.49.